The molecule has 3 aromatic carbocycles. The van der Waals surface area contributed by atoms with E-state index >= 15 is 0 Å². The van der Waals surface area contributed by atoms with E-state index in [4.69, 9.17) is 4.42 Å². The van der Waals surface area contributed by atoms with Gasteiger partial charge in [-0.1, -0.05) is 0 Å². The second-order valence-corrected chi connectivity index (χ2v) is 8.35. The van der Waals surface area contributed by atoms with Crippen molar-refractivity contribution in [1.82, 2.24) is 0 Å². The first-order valence-corrected chi connectivity index (χ1v) is 10.1. The standard InChI is InChI=1S/C22H13F3O2Se/c23-22(24,25)15-10-12-16(13-11-15)28-20-19(14-6-2-1-3-7-14)17-8-4-5-9-18(17)27-21(20)26/h1-13H. The van der Waals surface area contributed by atoms with Crippen LogP contribution in [-0.2, 0) is 6.18 Å². The van der Waals surface area contributed by atoms with Gasteiger partial charge in [0.25, 0.3) is 0 Å². The van der Waals surface area contributed by atoms with E-state index in [1.165, 1.54) is 12.1 Å². The summed E-state index contributed by atoms with van der Waals surface area (Å²) < 4.78 is 45.1. The van der Waals surface area contributed by atoms with Crippen molar-refractivity contribution in [2.75, 3.05) is 0 Å². The third kappa shape index (κ3) is 3.61. The molecule has 0 saturated carbocycles. The normalized spacial score (nSPS) is 11.7. The summed E-state index contributed by atoms with van der Waals surface area (Å²) in [5.74, 6) is 0. The van der Waals surface area contributed by atoms with E-state index < -0.39 is 32.3 Å². The molecule has 0 saturated heterocycles. The zero-order valence-corrected chi connectivity index (χ0v) is 16.1. The quantitative estimate of drug-likeness (QED) is 0.351. The molecule has 2 nitrogen and oxygen atoms in total. The van der Waals surface area contributed by atoms with E-state index in [9.17, 15) is 18.0 Å². The molecular weight excluding hydrogens is 432 g/mol. The van der Waals surface area contributed by atoms with Gasteiger partial charge >= 0.3 is 165 Å². The molecule has 0 aliphatic heterocycles. The van der Waals surface area contributed by atoms with Crippen LogP contribution in [0.2, 0.25) is 0 Å². The van der Waals surface area contributed by atoms with Gasteiger partial charge in [-0.2, -0.15) is 0 Å². The van der Waals surface area contributed by atoms with Crippen LogP contribution in [0.15, 0.2) is 88.1 Å². The van der Waals surface area contributed by atoms with Crippen LogP contribution in [0.3, 0.4) is 0 Å². The number of hydrogen-bond donors (Lipinski definition) is 0. The molecule has 0 aliphatic carbocycles. The van der Waals surface area contributed by atoms with Crippen molar-refractivity contribution in [1.29, 1.82) is 0 Å². The molecule has 1 heterocycles. The van der Waals surface area contributed by atoms with Crippen molar-refractivity contribution in [2.24, 2.45) is 0 Å². The second kappa shape index (κ2) is 7.30. The molecule has 0 unspecified atom stereocenters. The summed E-state index contributed by atoms with van der Waals surface area (Å²) in [7, 11) is 0. The maximum atomic E-state index is 12.8. The Kier molecular flexibility index (Phi) is 4.83. The first-order chi connectivity index (χ1) is 13.4. The summed E-state index contributed by atoms with van der Waals surface area (Å²) in [5.41, 5.74) is 0.958. The number of fused-ring (bicyclic) bond motifs is 1. The number of halogens is 3. The number of benzene rings is 3. The van der Waals surface area contributed by atoms with E-state index in [0.717, 1.165) is 28.6 Å². The fourth-order valence-electron chi connectivity index (χ4n) is 2.95. The topological polar surface area (TPSA) is 30.2 Å². The SMILES string of the molecule is O=c1oc2ccccc2c(-c2ccccc2)c1[Se]c1ccc(C(F)(F)F)cc1. The third-order valence-corrected chi connectivity index (χ3v) is 6.51. The molecule has 1 aromatic heterocycles. The average molecular weight is 445 g/mol. The molecule has 28 heavy (non-hydrogen) atoms. The van der Waals surface area contributed by atoms with E-state index in [1.807, 2.05) is 42.5 Å². The molecule has 140 valence electrons. The molecular formula is C22H13F3O2Se. The Hall–Kier alpha value is -2.82. The molecule has 0 radical (unpaired) electrons. The van der Waals surface area contributed by atoms with Crippen LogP contribution in [0, 0.1) is 0 Å². The zero-order chi connectivity index (χ0) is 19.7. The number of para-hydroxylation sites is 1. The summed E-state index contributed by atoms with van der Waals surface area (Å²) in [4.78, 5) is 12.7. The van der Waals surface area contributed by atoms with Gasteiger partial charge in [0.15, 0.2) is 0 Å². The van der Waals surface area contributed by atoms with Gasteiger partial charge in [-0.25, -0.2) is 0 Å². The second-order valence-electron chi connectivity index (χ2n) is 6.08. The Morgan fingerprint density at radius 2 is 1.43 bits per heavy atom. The number of alkyl halides is 3. The molecule has 0 bridgehead atoms. The molecule has 4 rings (SSSR count). The molecule has 6 heteroatoms. The van der Waals surface area contributed by atoms with Gasteiger partial charge in [0.2, 0.25) is 0 Å². The molecule has 0 aliphatic rings. The van der Waals surface area contributed by atoms with Crippen LogP contribution in [0.5, 0.6) is 0 Å². The van der Waals surface area contributed by atoms with Crippen LogP contribution in [-0.4, -0.2) is 15.0 Å². The zero-order valence-electron chi connectivity index (χ0n) is 14.4. The Morgan fingerprint density at radius 3 is 2.11 bits per heavy atom. The first kappa shape index (κ1) is 18.5. The van der Waals surface area contributed by atoms with Crippen molar-refractivity contribution < 1.29 is 17.6 Å². The van der Waals surface area contributed by atoms with Crippen molar-refractivity contribution in [3.63, 3.8) is 0 Å². The van der Waals surface area contributed by atoms with Gasteiger partial charge in [0, 0.05) is 0 Å². The predicted molar refractivity (Wildman–Crippen MR) is 104 cm³/mol. The fourth-order valence-corrected chi connectivity index (χ4v) is 4.97. The van der Waals surface area contributed by atoms with Crippen molar-refractivity contribution >= 4 is 34.8 Å². The summed E-state index contributed by atoms with van der Waals surface area (Å²) in [6, 6.07) is 21.7. The molecule has 0 N–H and O–H groups in total. The molecule has 0 amide bonds. The molecule has 0 fully saturated rings. The fraction of sp³-hybridized carbons (Fsp3) is 0.0455. The van der Waals surface area contributed by atoms with Gasteiger partial charge in [-0.15, -0.1) is 0 Å². The summed E-state index contributed by atoms with van der Waals surface area (Å²) >= 11 is -0.514. The van der Waals surface area contributed by atoms with Crippen LogP contribution < -0.4 is 14.5 Å². The van der Waals surface area contributed by atoms with Crippen molar-refractivity contribution in [2.45, 2.75) is 6.18 Å². The average Bonchev–Trinajstić information content (AvgIpc) is 2.69. The van der Waals surface area contributed by atoms with E-state index in [-0.39, 0.29) is 0 Å². The van der Waals surface area contributed by atoms with E-state index in [2.05, 4.69) is 0 Å². The van der Waals surface area contributed by atoms with Crippen LogP contribution in [0.25, 0.3) is 22.1 Å². The summed E-state index contributed by atoms with van der Waals surface area (Å²) in [5, 5.41) is 0.803. The van der Waals surface area contributed by atoms with Crippen molar-refractivity contribution in [3.8, 4) is 11.1 Å². The Balaban J connectivity index is 1.87. The minimum atomic E-state index is -4.39. The Morgan fingerprint density at radius 1 is 0.786 bits per heavy atom. The Labute approximate surface area is 164 Å². The van der Waals surface area contributed by atoms with Crippen LogP contribution in [0.1, 0.15) is 5.56 Å². The maximum absolute atomic E-state index is 12.8. The number of rotatable bonds is 3. The van der Waals surface area contributed by atoms with Gasteiger partial charge in [0.05, 0.1) is 0 Å². The van der Waals surface area contributed by atoms with E-state index in [0.29, 0.717) is 14.5 Å². The molecule has 0 atom stereocenters. The minimum absolute atomic E-state index is 0.461. The van der Waals surface area contributed by atoms with Crippen LogP contribution >= 0.6 is 0 Å². The monoisotopic (exact) mass is 446 g/mol. The van der Waals surface area contributed by atoms with Gasteiger partial charge in [-0.05, 0) is 0 Å². The number of hydrogen-bond acceptors (Lipinski definition) is 2. The van der Waals surface area contributed by atoms with Gasteiger partial charge < -0.3 is 0 Å². The van der Waals surface area contributed by atoms with Crippen LogP contribution in [0.4, 0.5) is 13.2 Å². The first-order valence-electron chi connectivity index (χ1n) is 8.40. The summed E-state index contributed by atoms with van der Waals surface area (Å²) in [6.45, 7) is 0. The summed E-state index contributed by atoms with van der Waals surface area (Å²) in [6.07, 6.45) is -4.39. The Bertz CT molecular complexity index is 1180. The van der Waals surface area contributed by atoms with Gasteiger partial charge in [0.1, 0.15) is 0 Å². The molecule has 0 spiro atoms. The van der Waals surface area contributed by atoms with Gasteiger partial charge in [-0.3, -0.25) is 0 Å². The third-order valence-electron chi connectivity index (χ3n) is 4.24. The van der Waals surface area contributed by atoms with Crippen molar-refractivity contribution in [3.05, 3.63) is 94.8 Å². The molecule has 4 aromatic rings. The predicted octanol–water partition coefficient (Wildman–Crippen LogP) is 4.13. The van der Waals surface area contributed by atoms with E-state index in [1.54, 1.807) is 12.1 Å².